The maximum atomic E-state index is 16.6. The van der Waals surface area contributed by atoms with Crippen molar-refractivity contribution >= 4 is 70.5 Å². The summed E-state index contributed by atoms with van der Waals surface area (Å²) in [5, 5.41) is 127. The second kappa shape index (κ2) is 37.5. The van der Waals surface area contributed by atoms with E-state index in [0.29, 0.717) is 10.6 Å². The summed E-state index contributed by atoms with van der Waals surface area (Å²) in [6.45, 7) is 8.52. The molecular formula is C86H99Cl2N11O25. The number of ether oxygens (including phenoxy) is 8. The Balaban J connectivity index is 1.03. The number of nitrogens with two attached hydrogens (primary N) is 3. The second-order valence-electron chi connectivity index (χ2n) is 32.7. The fourth-order valence-electron chi connectivity index (χ4n) is 16.0. The van der Waals surface area contributed by atoms with Crippen molar-refractivity contribution in [3.8, 4) is 68.2 Å². The Labute approximate surface area is 720 Å². The first-order chi connectivity index (χ1) is 58.8. The van der Waals surface area contributed by atoms with Crippen LogP contribution in [-0.4, -0.2) is 210 Å². The highest BCUT2D eigenvalue weighted by Crippen LogP contribution is 2.50. The van der Waals surface area contributed by atoms with E-state index in [1.165, 1.54) is 71.1 Å². The Bertz CT molecular complexity index is 5170. The van der Waals surface area contributed by atoms with Crippen LogP contribution in [0.1, 0.15) is 131 Å². The zero-order valence-electron chi connectivity index (χ0n) is 68.1. The fourth-order valence-corrected chi connectivity index (χ4v) is 16.3. The average Bonchev–Trinajstić information content (AvgIpc) is 0.765. The summed E-state index contributed by atoms with van der Waals surface area (Å²) >= 11 is 13.4. The smallest absolute Gasteiger partial charge is 0.248 e. The number of hydrogen-bond acceptors (Lipinski definition) is 28. The molecule has 36 nitrogen and oxygen atoms in total. The topological polar surface area (TPSA) is 567 Å². The van der Waals surface area contributed by atoms with Crippen LogP contribution in [0, 0.1) is 5.92 Å². The van der Waals surface area contributed by atoms with Crippen LogP contribution in [-0.2, 0) is 68.6 Å². The number of primary amides is 1. The van der Waals surface area contributed by atoms with E-state index in [0.717, 1.165) is 59.7 Å². The van der Waals surface area contributed by atoms with E-state index in [1.807, 2.05) is 26.0 Å². The van der Waals surface area contributed by atoms with E-state index < -0.39 is 245 Å². The van der Waals surface area contributed by atoms with Gasteiger partial charge in [-0.25, -0.2) is 0 Å². The minimum Gasteiger partial charge on any atom is -0.508 e. The van der Waals surface area contributed by atoms with E-state index >= 15 is 28.8 Å². The number of phenols is 3. The molecule has 8 aliphatic heterocycles. The van der Waals surface area contributed by atoms with Gasteiger partial charge in [-0.2, -0.15) is 0 Å². The van der Waals surface area contributed by atoms with Crippen LogP contribution in [0.5, 0.6) is 46.0 Å². The predicted octanol–water partition coefficient (Wildman–Crippen LogP) is 3.24. The molecule has 662 valence electrons. The molecule has 0 aliphatic carbocycles. The van der Waals surface area contributed by atoms with Crippen LogP contribution in [0.2, 0.25) is 10.0 Å². The normalized spacial score (nSPS) is 29.9. The number of hydrogen-bond donors (Lipinski definition) is 20. The summed E-state index contributed by atoms with van der Waals surface area (Å²) in [7, 11) is 1.48. The molecule has 3 fully saturated rings. The fraction of sp³-hybridized carbons (Fsp3) is 0.419. The van der Waals surface area contributed by atoms with Gasteiger partial charge in [0, 0.05) is 52.7 Å². The molecule has 8 aliphatic rings. The molecule has 15 rings (SSSR count). The van der Waals surface area contributed by atoms with Gasteiger partial charge >= 0.3 is 0 Å². The van der Waals surface area contributed by atoms with E-state index in [-0.39, 0.29) is 70.5 Å². The molecular weight excluding hydrogens is 1660 g/mol. The van der Waals surface area contributed by atoms with Gasteiger partial charge in [0.15, 0.2) is 30.2 Å². The summed E-state index contributed by atoms with van der Waals surface area (Å²) < 4.78 is 52.4. The lowest BCUT2D eigenvalue weighted by Gasteiger charge is -2.47. The standard InChI is InChI=1S/C86H99Cl2N11O25/c1-36(2)24-52(92-7)77(110)98-67-69(105)44-17-23-56(51(88)26-44)120-58-28-45-27-57(73(58)124-84-74(71(107)70(106)59(35-100)121-84)123-62-33-86(6,91)76(109)38(4)118-62)119-48-20-14-42(15-21-48)72(122-61-32-85(5,90)75(108)37(3)117-61)68-83(116)97-66(79(112)93-34-39-8-10-40(11-9-39)41-12-18-46(87)19-13-41)50-29-47(101)30-55(103)63(50)49-25-43(16-22-54(49)102)64(80(113)99-68)96-81(114)65(45)95-78(111)53(31-60(89)104)94-82(67)115/h8-23,25-30,36-38,52-53,59,61-62,64-72,74-76,84,92,100-103,105-109H,24,31-35,90-91H2,1-7H3,(H2,89,104)(H,93,112)(H,94,115)(H,95,111)(H,96,114)(H,97,116)(H,98,110)(H,99,113)/t37-,38-,52+,53-,59+,61-,62-,64+,65+,66-,67+,68-,69?,70+,71-,72+,74+,75-,76+,84-,85-,86-/m0/s1. The number of carbonyl (C=O) groups is 8. The van der Waals surface area contributed by atoms with Crippen molar-refractivity contribution in [2.45, 2.75) is 207 Å². The minimum atomic E-state index is -2.35. The molecule has 3 saturated heterocycles. The number of benzene rings is 7. The Morgan fingerprint density at radius 2 is 1.23 bits per heavy atom. The molecule has 0 radical (unpaired) electrons. The molecule has 124 heavy (non-hydrogen) atoms. The molecule has 38 heteroatoms. The number of nitrogens with one attached hydrogen (secondary N) is 8. The summed E-state index contributed by atoms with van der Waals surface area (Å²) in [5.74, 6) is -14.3. The largest absolute Gasteiger partial charge is 0.508 e. The summed E-state index contributed by atoms with van der Waals surface area (Å²) in [6.07, 6.45) is -22.4. The molecule has 23 N–H and O–H groups in total. The summed E-state index contributed by atoms with van der Waals surface area (Å²) in [6, 6.07) is 16.6. The van der Waals surface area contributed by atoms with Gasteiger partial charge in [-0.05, 0) is 158 Å². The third-order valence-electron chi connectivity index (χ3n) is 22.7. The maximum Gasteiger partial charge on any atom is 0.248 e. The van der Waals surface area contributed by atoms with Gasteiger partial charge in [0.05, 0.1) is 48.5 Å². The third kappa shape index (κ3) is 19.9. The molecule has 22 atom stereocenters. The van der Waals surface area contributed by atoms with Crippen LogP contribution in [0.25, 0.3) is 22.3 Å². The molecule has 8 heterocycles. The predicted molar refractivity (Wildman–Crippen MR) is 442 cm³/mol. The Morgan fingerprint density at radius 1 is 0.629 bits per heavy atom. The van der Waals surface area contributed by atoms with Gasteiger partial charge in [-0.3, -0.25) is 38.4 Å². The van der Waals surface area contributed by atoms with Crippen molar-refractivity contribution < 1.29 is 122 Å². The summed E-state index contributed by atoms with van der Waals surface area (Å²) in [4.78, 5) is 123. The first-order valence-corrected chi connectivity index (χ1v) is 40.8. The Kier molecular flexibility index (Phi) is 27.5. The molecule has 11 bridgehead atoms. The zero-order valence-corrected chi connectivity index (χ0v) is 69.6. The number of likely N-dealkylation sites (N-methyl/N-ethyl adjacent to an activating group) is 1. The number of aromatic hydroxyl groups is 3. The molecule has 0 spiro atoms. The number of halogens is 2. The number of amides is 8. The zero-order chi connectivity index (χ0) is 89.4. The molecule has 0 saturated carbocycles. The van der Waals surface area contributed by atoms with Gasteiger partial charge in [0.2, 0.25) is 59.3 Å². The van der Waals surface area contributed by atoms with Crippen LogP contribution in [0.3, 0.4) is 0 Å². The first kappa shape index (κ1) is 90.8. The van der Waals surface area contributed by atoms with E-state index in [4.69, 9.17) is 78.3 Å². The lowest BCUT2D eigenvalue weighted by molar-refractivity contribution is -0.333. The van der Waals surface area contributed by atoms with Gasteiger partial charge in [-0.1, -0.05) is 97.7 Å². The van der Waals surface area contributed by atoms with Crippen LogP contribution < -0.4 is 73.9 Å². The Hall–Kier alpha value is -10.9. The van der Waals surface area contributed by atoms with Gasteiger partial charge in [-0.15, -0.1) is 0 Å². The van der Waals surface area contributed by atoms with Crippen molar-refractivity contribution in [3.63, 3.8) is 0 Å². The van der Waals surface area contributed by atoms with Crippen LogP contribution in [0.15, 0.2) is 133 Å². The van der Waals surface area contributed by atoms with Crippen molar-refractivity contribution in [1.82, 2.24) is 42.5 Å². The number of aliphatic hydroxyl groups excluding tert-OH is 6. The van der Waals surface area contributed by atoms with Crippen molar-refractivity contribution in [2.24, 2.45) is 23.1 Å². The molecule has 7 aromatic rings. The van der Waals surface area contributed by atoms with Gasteiger partial charge in [0.1, 0.15) is 95.5 Å². The highest BCUT2D eigenvalue weighted by atomic mass is 35.5. The number of rotatable bonds is 18. The highest BCUT2D eigenvalue weighted by molar-refractivity contribution is 6.32. The SMILES string of the molecule is CN[C@H](CC(C)C)C(=O)N[C@H]1C(=O)N[C@@H](CC(N)=O)C(=O)N[C@H]2C(=O)N[C@H]3C(=O)N[C@H](C(=O)N[C@H](C(=O)NCc4ccc(-c5ccc(Cl)cc5)cc4)c4cc(O)cc(O)c4-c4cc3ccc4O)[C@H](O[C@H]3C[C@](C)(N)[C@@H](O)[C@H](C)O3)c3ccc(cc3)Oc3cc2cc(c3O[C@@H]2O[C@H](CO)[C@@H](O)[C@H](O)[C@H]2O[C@H]2C[C@](C)(N)[C@H](O)[C@H](C)O2)Oc2ccc(cc2Cl)C1O. The molecule has 1 unspecified atom stereocenters. The minimum absolute atomic E-state index is 0.00847. The molecule has 0 aromatic heterocycles. The van der Waals surface area contributed by atoms with Crippen molar-refractivity contribution in [2.75, 3.05) is 13.7 Å². The van der Waals surface area contributed by atoms with Crippen molar-refractivity contribution in [1.29, 1.82) is 0 Å². The highest BCUT2D eigenvalue weighted by Gasteiger charge is 2.53. The number of carbonyl (C=O) groups excluding carboxylic acids is 8. The lowest BCUT2D eigenvalue weighted by Crippen LogP contribution is -2.64. The van der Waals surface area contributed by atoms with Crippen molar-refractivity contribution in [3.05, 3.63) is 177 Å². The number of fused-ring (bicyclic) bond motifs is 15. The first-order valence-electron chi connectivity index (χ1n) is 40.0. The monoisotopic (exact) mass is 1760 g/mol. The molecule has 7 aromatic carbocycles. The number of phenolic OH excluding ortho intramolecular Hbond substituents is 3. The average molecular weight is 1760 g/mol. The van der Waals surface area contributed by atoms with Gasteiger partial charge in [0.25, 0.3) is 0 Å². The lowest BCUT2D eigenvalue weighted by atomic mass is 9.86. The number of aliphatic hydroxyl groups is 6. The maximum absolute atomic E-state index is 16.6. The van der Waals surface area contributed by atoms with E-state index in [9.17, 15) is 55.5 Å². The summed E-state index contributed by atoms with van der Waals surface area (Å²) in [5.41, 5.74) is 16.4. The Morgan fingerprint density at radius 3 is 1.84 bits per heavy atom. The third-order valence-corrected chi connectivity index (χ3v) is 23.2. The molecule has 8 amide bonds. The van der Waals surface area contributed by atoms with Gasteiger partial charge < -0.3 is 144 Å². The quantitative estimate of drug-likeness (QED) is 0.0586. The van der Waals surface area contributed by atoms with E-state index in [1.54, 1.807) is 36.4 Å². The van der Waals surface area contributed by atoms with Crippen LogP contribution >= 0.6 is 23.2 Å². The van der Waals surface area contributed by atoms with Crippen LogP contribution in [0.4, 0.5) is 0 Å². The second-order valence-corrected chi connectivity index (χ2v) is 33.6. The van der Waals surface area contributed by atoms with E-state index in [2.05, 4.69) is 42.5 Å².